The van der Waals surface area contributed by atoms with Crippen molar-refractivity contribution >= 4 is 6.09 Å². The summed E-state index contributed by atoms with van der Waals surface area (Å²) >= 11 is 0. The number of fused-ring (bicyclic) bond motifs is 5. The highest BCUT2D eigenvalue weighted by Gasteiger charge is 2.59. The van der Waals surface area contributed by atoms with E-state index in [2.05, 4.69) is 52.9 Å². The van der Waals surface area contributed by atoms with Gasteiger partial charge < -0.3 is 15.2 Å². The van der Waals surface area contributed by atoms with Gasteiger partial charge in [0.1, 0.15) is 6.10 Å². The molecule has 3 fully saturated rings. The fraction of sp³-hybridized carbons (Fsp3) is 0.914. The highest BCUT2D eigenvalue weighted by Crippen LogP contribution is 2.67. The third-order valence-electron chi connectivity index (χ3n) is 12.5. The summed E-state index contributed by atoms with van der Waals surface area (Å²) in [4.78, 5) is 12.5. The molecular formula is C35H61NO3. The summed E-state index contributed by atoms with van der Waals surface area (Å²) < 4.78 is 5.93. The van der Waals surface area contributed by atoms with Crippen LogP contribution in [0.15, 0.2) is 11.6 Å². The maximum atomic E-state index is 12.5. The van der Waals surface area contributed by atoms with E-state index in [9.17, 15) is 9.90 Å². The van der Waals surface area contributed by atoms with Crippen LogP contribution in [0.4, 0.5) is 4.79 Å². The number of hydrogen-bond acceptors (Lipinski definition) is 3. The predicted molar refractivity (Wildman–Crippen MR) is 161 cm³/mol. The Morgan fingerprint density at radius 1 is 1.05 bits per heavy atom. The number of hydrogen-bond donors (Lipinski definition) is 2. The SMILES string of the molecule is CCC(CCO)CCNC(=O)OC1CC[C@@]2(C)C(=CCC3C4CCC(C(C)CCCC(C)C)[C@@]4(C)CCC32)C1. The first-order valence-corrected chi connectivity index (χ1v) is 16.9. The van der Waals surface area contributed by atoms with Crippen molar-refractivity contribution in [2.75, 3.05) is 13.2 Å². The molecule has 0 bridgehead atoms. The van der Waals surface area contributed by atoms with Gasteiger partial charge in [0.15, 0.2) is 0 Å². The quantitative estimate of drug-likeness (QED) is 0.242. The van der Waals surface area contributed by atoms with E-state index in [1.165, 1.54) is 51.4 Å². The van der Waals surface area contributed by atoms with E-state index >= 15 is 0 Å². The van der Waals surface area contributed by atoms with Crippen molar-refractivity contribution in [2.45, 2.75) is 138 Å². The Morgan fingerprint density at radius 2 is 1.85 bits per heavy atom. The average molecular weight is 544 g/mol. The van der Waals surface area contributed by atoms with Crippen LogP contribution >= 0.6 is 0 Å². The minimum absolute atomic E-state index is 0.0108. The highest BCUT2D eigenvalue weighted by molar-refractivity contribution is 5.67. The van der Waals surface area contributed by atoms with E-state index in [0.29, 0.717) is 23.3 Å². The Labute approximate surface area is 240 Å². The van der Waals surface area contributed by atoms with Gasteiger partial charge in [-0.3, -0.25) is 0 Å². The van der Waals surface area contributed by atoms with Gasteiger partial charge in [-0.25, -0.2) is 4.79 Å². The van der Waals surface area contributed by atoms with Crippen molar-refractivity contribution < 1.29 is 14.6 Å². The maximum Gasteiger partial charge on any atom is 0.407 e. The first-order chi connectivity index (χ1) is 18.6. The lowest BCUT2D eigenvalue weighted by molar-refractivity contribution is -0.0581. The molecule has 9 atom stereocenters. The minimum Gasteiger partial charge on any atom is -0.446 e. The number of alkyl carbamates (subject to hydrolysis) is 1. The molecule has 1 amide bonds. The molecule has 2 N–H and O–H groups in total. The van der Waals surface area contributed by atoms with Gasteiger partial charge in [0.25, 0.3) is 0 Å². The number of carbonyl (C=O) groups excluding carboxylic acids is 1. The van der Waals surface area contributed by atoms with Crippen LogP contribution in [0.3, 0.4) is 0 Å². The molecule has 0 saturated heterocycles. The lowest BCUT2D eigenvalue weighted by Crippen LogP contribution is -2.51. The van der Waals surface area contributed by atoms with Gasteiger partial charge in [0.05, 0.1) is 0 Å². The zero-order valence-electron chi connectivity index (χ0n) is 26.3. The molecular weight excluding hydrogens is 482 g/mol. The van der Waals surface area contributed by atoms with E-state index in [4.69, 9.17) is 4.74 Å². The number of ether oxygens (including phenoxy) is 1. The Hall–Kier alpha value is -1.03. The van der Waals surface area contributed by atoms with E-state index in [1.54, 1.807) is 5.57 Å². The van der Waals surface area contributed by atoms with Crippen LogP contribution in [-0.2, 0) is 4.74 Å². The Balaban J connectivity index is 1.32. The standard InChI is InChI=1S/C35H61NO3/c1-7-26(18-22-37)17-21-36-33(38)39-28-15-19-34(5)27(23-28)11-12-29-31-14-13-30(25(4)10-8-9-24(2)3)35(31,6)20-16-32(29)34/h11,24-26,28-32,37H,7-10,12-23H2,1-6H3,(H,36,38)/t25?,26?,28?,29?,30?,31?,32?,34-,35+/m0/s1. The number of amides is 1. The largest absolute Gasteiger partial charge is 0.446 e. The first kappa shape index (κ1) is 30.9. The zero-order valence-corrected chi connectivity index (χ0v) is 26.3. The van der Waals surface area contributed by atoms with Crippen LogP contribution in [0, 0.1) is 52.3 Å². The number of carbonyl (C=O) groups is 1. The van der Waals surface area contributed by atoms with Gasteiger partial charge in [-0.15, -0.1) is 0 Å². The summed E-state index contributed by atoms with van der Waals surface area (Å²) in [7, 11) is 0. The van der Waals surface area contributed by atoms with Crippen LogP contribution < -0.4 is 5.32 Å². The molecule has 0 radical (unpaired) electrons. The van der Waals surface area contributed by atoms with Gasteiger partial charge in [-0.05, 0) is 110 Å². The molecule has 0 aliphatic heterocycles. The molecule has 4 nitrogen and oxygen atoms in total. The Bertz CT molecular complexity index is 838. The summed E-state index contributed by atoms with van der Waals surface area (Å²) in [5.74, 6) is 5.60. The van der Waals surface area contributed by atoms with Crippen molar-refractivity contribution in [3.05, 3.63) is 11.6 Å². The number of rotatable bonds is 12. The Morgan fingerprint density at radius 3 is 2.56 bits per heavy atom. The van der Waals surface area contributed by atoms with Crippen molar-refractivity contribution in [2.24, 2.45) is 52.3 Å². The molecule has 0 heterocycles. The lowest BCUT2D eigenvalue weighted by atomic mass is 9.47. The highest BCUT2D eigenvalue weighted by atomic mass is 16.6. The van der Waals surface area contributed by atoms with Crippen LogP contribution in [0.1, 0.15) is 131 Å². The molecule has 0 aromatic rings. The summed E-state index contributed by atoms with van der Waals surface area (Å²) in [5.41, 5.74) is 2.41. The van der Waals surface area contributed by atoms with E-state index in [-0.39, 0.29) is 18.8 Å². The normalized spacial score (nSPS) is 37.3. The van der Waals surface area contributed by atoms with Gasteiger partial charge in [0, 0.05) is 19.6 Å². The molecule has 0 spiro atoms. The summed E-state index contributed by atoms with van der Waals surface area (Å²) in [6, 6.07) is 0. The summed E-state index contributed by atoms with van der Waals surface area (Å²) in [6.45, 7) is 15.5. The number of aliphatic hydroxyl groups is 1. The van der Waals surface area contributed by atoms with Crippen LogP contribution in [0.2, 0.25) is 0 Å². The molecule has 4 heteroatoms. The number of aliphatic hydroxyl groups excluding tert-OH is 1. The molecule has 7 unspecified atom stereocenters. The average Bonchev–Trinajstić information content (AvgIpc) is 3.25. The van der Waals surface area contributed by atoms with Crippen LogP contribution in [-0.4, -0.2) is 30.5 Å². The first-order valence-electron chi connectivity index (χ1n) is 16.9. The topological polar surface area (TPSA) is 58.6 Å². The molecule has 3 saturated carbocycles. The van der Waals surface area contributed by atoms with Gasteiger partial charge in [0.2, 0.25) is 0 Å². The fourth-order valence-corrected chi connectivity index (χ4v) is 10.1. The third-order valence-corrected chi connectivity index (χ3v) is 12.5. The van der Waals surface area contributed by atoms with Gasteiger partial charge in [-0.1, -0.05) is 78.9 Å². The molecule has 4 rings (SSSR count). The second-order valence-corrected chi connectivity index (χ2v) is 15.1. The van der Waals surface area contributed by atoms with E-state index < -0.39 is 0 Å². The molecule has 4 aliphatic rings. The molecule has 224 valence electrons. The lowest BCUT2D eigenvalue weighted by Gasteiger charge is -2.58. The van der Waals surface area contributed by atoms with E-state index in [1.807, 2.05) is 0 Å². The predicted octanol–water partition coefficient (Wildman–Crippen LogP) is 8.92. The van der Waals surface area contributed by atoms with Crippen molar-refractivity contribution in [3.63, 3.8) is 0 Å². The third kappa shape index (κ3) is 6.73. The molecule has 39 heavy (non-hydrogen) atoms. The second kappa shape index (κ2) is 13.3. The monoisotopic (exact) mass is 543 g/mol. The van der Waals surface area contributed by atoms with Crippen LogP contribution in [0.5, 0.6) is 0 Å². The smallest absolute Gasteiger partial charge is 0.407 e. The maximum absolute atomic E-state index is 12.5. The molecule has 0 aromatic carbocycles. The summed E-state index contributed by atoms with van der Waals surface area (Å²) in [5, 5.41) is 12.2. The van der Waals surface area contributed by atoms with Crippen molar-refractivity contribution in [1.29, 1.82) is 0 Å². The van der Waals surface area contributed by atoms with Crippen LogP contribution in [0.25, 0.3) is 0 Å². The zero-order chi connectivity index (χ0) is 28.2. The number of nitrogens with one attached hydrogen (secondary N) is 1. The second-order valence-electron chi connectivity index (χ2n) is 15.1. The number of allylic oxidation sites excluding steroid dienone is 1. The summed E-state index contributed by atoms with van der Waals surface area (Å²) in [6.07, 6.45) is 19.3. The van der Waals surface area contributed by atoms with Gasteiger partial charge >= 0.3 is 6.09 Å². The molecule has 0 aromatic heterocycles. The van der Waals surface area contributed by atoms with Crippen molar-refractivity contribution in [3.8, 4) is 0 Å². The van der Waals surface area contributed by atoms with Gasteiger partial charge in [-0.2, -0.15) is 0 Å². The molecule has 4 aliphatic carbocycles. The minimum atomic E-state index is -0.260. The van der Waals surface area contributed by atoms with E-state index in [0.717, 1.165) is 74.0 Å². The van der Waals surface area contributed by atoms with Crippen molar-refractivity contribution in [1.82, 2.24) is 5.32 Å². The Kier molecular flexibility index (Phi) is 10.5. The fourth-order valence-electron chi connectivity index (χ4n) is 10.1.